The van der Waals surface area contributed by atoms with Crippen LogP contribution in [0.4, 0.5) is 0 Å². The van der Waals surface area contributed by atoms with Crippen LogP contribution in [0, 0.1) is 0 Å². The molecule has 2 aromatic rings. The molecule has 0 aliphatic carbocycles. The van der Waals surface area contributed by atoms with Crippen LogP contribution in [0.15, 0.2) is 30.5 Å². The second kappa shape index (κ2) is 5.09. The molecule has 4 rings (SSSR count). The van der Waals surface area contributed by atoms with Crippen LogP contribution >= 0.6 is 0 Å². The van der Waals surface area contributed by atoms with E-state index in [4.69, 9.17) is 0 Å². The van der Waals surface area contributed by atoms with Crippen molar-refractivity contribution in [3.63, 3.8) is 0 Å². The number of benzene rings is 1. The number of sulfone groups is 1. The quantitative estimate of drug-likeness (QED) is 0.918. The number of nitrogens with zero attached hydrogens (tertiary/aromatic N) is 1. The molecule has 2 fully saturated rings. The van der Waals surface area contributed by atoms with Crippen LogP contribution in [0.25, 0.3) is 10.9 Å². The van der Waals surface area contributed by atoms with E-state index in [1.54, 1.807) is 6.20 Å². The van der Waals surface area contributed by atoms with E-state index in [2.05, 4.69) is 4.98 Å². The SMILES string of the molecule is CS(=O)(=O)C1CC2CCC(C1)N2C(=O)c1c[nH]c2ccccc12. The fourth-order valence-electron chi connectivity index (χ4n) is 4.20. The normalized spacial score (nSPS) is 27.5. The van der Waals surface area contributed by atoms with Crippen molar-refractivity contribution < 1.29 is 13.2 Å². The number of fused-ring (bicyclic) bond motifs is 3. The van der Waals surface area contributed by atoms with Crippen LogP contribution in [0.1, 0.15) is 36.0 Å². The van der Waals surface area contributed by atoms with Gasteiger partial charge in [0.2, 0.25) is 0 Å². The number of nitrogens with one attached hydrogen (secondary N) is 1. The Morgan fingerprint density at radius 3 is 2.48 bits per heavy atom. The van der Waals surface area contributed by atoms with Gasteiger partial charge < -0.3 is 9.88 Å². The van der Waals surface area contributed by atoms with E-state index in [1.165, 1.54) is 6.26 Å². The van der Waals surface area contributed by atoms with Gasteiger partial charge in [-0.1, -0.05) is 18.2 Å². The highest BCUT2D eigenvalue weighted by Gasteiger charge is 2.46. The number of aromatic nitrogens is 1. The van der Waals surface area contributed by atoms with Crippen LogP contribution in [0.2, 0.25) is 0 Å². The molecule has 2 aliphatic heterocycles. The van der Waals surface area contributed by atoms with Gasteiger partial charge in [0.25, 0.3) is 5.91 Å². The van der Waals surface area contributed by atoms with Crippen molar-refractivity contribution in [2.75, 3.05) is 6.26 Å². The maximum Gasteiger partial charge on any atom is 0.256 e. The lowest BCUT2D eigenvalue weighted by Gasteiger charge is -2.38. The number of H-pyrrole nitrogens is 1. The summed E-state index contributed by atoms with van der Waals surface area (Å²) in [5.41, 5.74) is 1.64. The maximum atomic E-state index is 13.0. The molecule has 2 atom stereocenters. The van der Waals surface area contributed by atoms with Gasteiger partial charge in [-0.25, -0.2) is 8.42 Å². The lowest BCUT2D eigenvalue weighted by Crippen LogP contribution is -2.49. The predicted molar refractivity (Wildman–Crippen MR) is 89.1 cm³/mol. The van der Waals surface area contributed by atoms with E-state index in [-0.39, 0.29) is 23.2 Å². The zero-order valence-corrected chi connectivity index (χ0v) is 13.8. The first-order valence-electron chi connectivity index (χ1n) is 8.03. The highest BCUT2D eigenvalue weighted by Crippen LogP contribution is 2.39. The largest absolute Gasteiger partial charge is 0.360 e. The number of carbonyl (C=O) groups excluding carboxylic acids is 1. The number of amides is 1. The average Bonchev–Trinajstić information content (AvgIpc) is 3.04. The van der Waals surface area contributed by atoms with Crippen LogP contribution in [-0.4, -0.2) is 47.8 Å². The summed E-state index contributed by atoms with van der Waals surface area (Å²) in [5.74, 6) is 0.0295. The number of hydrogen-bond donors (Lipinski definition) is 1. The molecule has 5 nitrogen and oxygen atoms in total. The van der Waals surface area contributed by atoms with Crippen LogP contribution in [0.5, 0.6) is 0 Å². The molecule has 3 heterocycles. The summed E-state index contributed by atoms with van der Waals surface area (Å²) in [4.78, 5) is 18.1. The van der Waals surface area contributed by atoms with Crippen molar-refractivity contribution in [1.82, 2.24) is 9.88 Å². The number of piperidine rings is 1. The average molecular weight is 332 g/mol. The van der Waals surface area contributed by atoms with E-state index in [9.17, 15) is 13.2 Å². The lowest BCUT2D eigenvalue weighted by atomic mass is 10.0. The minimum Gasteiger partial charge on any atom is -0.360 e. The highest BCUT2D eigenvalue weighted by molar-refractivity contribution is 7.91. The van der Waals surface area contributed by atoms with E-state index in [1.807, 2.05) is 29.2 Å². The topological polar surface area (TPSA) is 70.2 Å². The summed E-state index contributed by atoms with van der Waals surface area (Å²) in [6.07, 6.45) is 6.05. The Kier molecular flexibility index (Phi) is 3.27. The summed E-state index contributed by atoms with van der Waals surface area (Å²) < 4.78 is 23.8. The second-order valence-electron chi connectivity index (χ2n) is 6.77. The Labute approximate surface area is 135 Å². The molecule has 1 aromatic heterocycles. The minimum absolute atomic E-state index is 0.0295. The fraction of sp³-hybridized carbons (Fsp3) is 0.471. The summed E-state index contributed by atoms with van der Waals surface area (Å²) in [7, 11) is -3.03. The Morgan fingerprint density at radius 1 is 1.17 bits per heavy atom. The van der Waals surface area contributed by atoms with Crippen LogP contribution in [-0.2, 0) is 9.84 Å². The molecule has 2 aliphatic rings. The molecule has 6 heteroatoms. The van der Waals surface area contributed by atoms with Crippen molar-refractivity contribution in [2.24, 2.45) is 0 Å². The van der Waals surface area contributed by atoms with Gasteiger partial charge in [0.05, 0.1) is 10.8 Å². The summed E-state index contributed by atoms with van der Waals surface area (Å²) in [6, 6.07) is 7.87. The molecule has 0 radical (unpaired) electrons. The Bertz CT molecular complexity index is 857. The van der Waals surface area contributed by atoms with Crippen molar-refractivity contribution in [3.8, 4) is 0 Å². The third kappa shape index (κ3) is 2.36. The van der Waals surface area contributed by atoms with Crippen LogP contribution in [0.3, 0.4) is 0 Å². The summed E-state index contributed by atoms with van der Waals surface area (Å²) in [5, 5.41) is 0.633. The number of carbonyl (C=O) groups is 1. The summed E-state index contributed by atoms with van der Waals surface area (Å²) >= 11 is 0. The molecule has 2 saturated heterocycles. The second-order valence-corrected chi connectivity index (χ2v) is 9.09. The molecule has 1 N–H and O–H groups in total. The molecule has 1 aromatic carbocycles. The zero-order chi connectivity index (χ0) is 16.2. The molecular formula is C17H20N2O3S. The first-order chi connectivity index (χ1) is 10.9. The van der Waals surface area contributed by atoms with Gasteiger partial charge in [-0.2, -0.15) is 0 Å². The standard InChI is InChI=1S/C17H20N2O3S/c1-23(21,22)13-8-11-6-7-12(9-13)19(11)17(20)15-10-18-16-5-3-2-4-14(15)16/h2-5,10-13,18H,6-9H2,1H3. The monoisotopic (exact) mass is 332 g/mol. The van der Waals surface area contributed by atoms with Gasteiger partial charge >= 0.3 is 0 Å². The van der Waals surface area contributed by atoms with Gasteiger partial charge in [0.1, 0.15) is 9.84 Å². The first-order valence-corrected chi connectivity index (χ1v) is 9.98. The maximum absolute atomic E-state index is 13.0. The van der Waals surface area contributed by atoms with Gasteiger partial charge in [0, 0.05) is 35.4 Å². The van der Waals surface area contributed by atoms with Crippen molar-refractivity contribution in [1.29, 1.82) is 0 Å². The lowest BCUT2D eigenvalue weighted by molar-refractivity contribution is 0.0600. The molecule has 2 bridgehead atoms. The molecule has 0 saturated carbocycles. The van der Waals surface area contributed by atoms with Crippen LogP contribution < -0.4 is 0 Å². The van der Waals surface area contributed by atoms with E-state index in [0.717, 1.165) is 23.7 Å². The van der Waals surface area contributed by atoms with Gasteiger partial charge in [-0.15, -0.1) is 0 Å². The van der Waals surface area contributed by atoms with Gasteiger partial charge in [0.15, 0.2) is 0 Å². The summed E-state index contributed by atoms with van der Waals surface area (Å²) in [6.45, 7) is 0. The smallest absolute Gasteiger partial charge is 0.256 e. The Balaban J connectivity index is 1.66. The molecule has 2 unspecified atom stereocenters. The van der Waals surface area contributed by atoms with Gasteiger partial charge in [-0.3, -0.25) is 4.79 Å². The first kappa shape index (κ1) is 14.8. The number of rotatable bonds is 2. The predicted octanol–water partition coefficient (Wildman–Crippen LogP) is 2.35. The van der Waals surface area contributed by atoms with Gasteiger partial charge in [-0.05, 0) is 31.7 Å². The Hall–Kier alpha value is -1.82. The number of aromatic amines is 1. The molecule has 0 spiro atoms. The molecule has 23 heavy (non-hydrogen) atoms. The van der Waals surface area contributed by atoms with E-state index < -0.39 is 9.84 Å². The number of hydrogen-bond acceptors (Lipinski definition) is 3. The fourth-order valence-corrected chi connectivity index (χ4v) is 5.34. The third-order valence-corrected chi connectivity index (χ3v) is 6.95. The van der Waals surface area contributed by atoms with Crippen molar-refractivity contribution in [2.45, 2.75) is 43.0 Å². The zero-order valence-electron chi connectivity index (χ0n) is 13.0. The van der Waals surface area contributed by atoms with Crippen molar-refractivity contribution in [3.05, 3.63) is 36.0 Å². The molecule has 1 amide bonds. The molecular weight excluding hydrogens is 312 g/mol. The third-order valence-electron chi connectivity index (χ3n) is 5.35. The van der Waals surface area contributed by atoms with E-state index in [0.29, 0.717) is 18.4 Å². The molecule has 122 valence electrons. The minimum atomic E-state index is -3.03. The Morgan fingerprint density at radius 2 is 1.83 bits per heavy atom. The van der Waals surface area contributed by atoms with Crippen molar-refractivity contribution >= 4 is 26.6 Å². The van der Waals surface area contributed by atoms with E-state index >= 15 is 0 Å². The highest BCUT2D eigenvalue weighted by atomic mass is 32.2. The number of para-hydroxylation sites is 1.